The van der Waals surface area contributed by atoms with E-state index in [1.807, 2.05) is 0 Å². The van der Waals surface area contributed by atoms with E-state index >= 15 is 4.39 Å². The van der Waals surface area contributed by atoms with Crippen molar-refractivity contribution >= 4 is 38.8 Å². The van der Waals surface area contributed by atoms with Gasteiger partial charge in [0.1, 0.15) is 0 Å². The zero-order valence-electron chi connectivity index (χ0n) is 27.1. The van der Waals surface area contributed by atoms with Crippen LogP contribution in [0.5, 0.6) is 6.01 Å². The van der Waals surface area contributed by atoms with Crippen LogP contribution in [0.25, 0.3) is 10.9 Å². The van der Waals surface area contributed by atoms with E-state index in [9.17, 15) is 0 Å². The van der Waals surface area contributed by atoms with Gasteiger partial charge in [-0.1, -0.05) is 0 Å². The first kappa shape index (κ1) is 31.7. The second kappa shape index (κ2) is 14.0. The van der Waals surface area contributed by atoms with Crippen LogP contribution in [-0.4, -0.2) is 89.3 Å². The number of unbranched alkanes of at least 4 members (excludes halogenated alkanes) is 3. The van der Waals surface area contributed by atoms with Crippen molar-refractivity contribution < 1.29 is 13.9 Å². The van der Waals surface area contributed by atoms with E-state index in [0.29, 0.717) is 24.7 Å². The van der Waals surface area contributed by atoms with E-state index in [4.69, 9.17) is 24.4 Å². The molecule has 4 aliphatic rings. The number of hydrogen-bond donors (Lipinski definition) is 0. The van der Waals surface area contributed by atoms with Gasteiger partial charge in [-0.3, -0.25) is 0 Å². The van der Waals surface area contributed by atoms with Crippen LogP contribution in [0.1, 0.15) is 104 Å². The molecule has 7 nitrogen and oxygen atoms in total. The van der Waals surface area contributed by atoms with Gasteiger partial charge in [-0.15, -0.1) is 0 Å². The third-order valence-corrected chi connectivity index (χ3v) is 26.1. The Labute approximate surface area is 262 Å². The molecule has 1 unspecified atom stereocenters. The second-order valence-electron chi connectivity index (χ2n) is 13.9. The molecule has 0 N–H and O–H groups in total. The summed E-state index contributed by atoms with van der Waals surface area (Å²) in [6, 6.07) is 0.557. The van der Waals surface area contributed by atoms with Gasteiger partial charge in [0.2, 0.25) is 0 Å². The molecule has 0 saturated carbocycles. The van der Waals surface area contributed by atoms with Crippen molar-refractivity contribution in [1.82, 2.24) is 19.9 Å². The number of pyridine rings is 1. The molecule has 238 valence electrons. The average molecular weight is 703 g/mol. The van der Waals surface area contributed by atoms with Crippen LogP contribution >= 0.6 is 0 Å². The number of halogens is 1. The van der Waals surface area contributed by atoms with Gasteiger partial charge in [0.15, 0.2) is 0 Å². The van der Waals surface area contributed by atoms with Gasteiger partial charge in [-0.2, -0.15) is 0 Å². The van der Waals surface area contributed by atoms with Crippen molar-refractivity contribution in [3.8, 4) is 6.01 Å². The molecule has 6 rings (SSSR count). The van der Waals surface area contributed by atoms with Crippen LogP contribution in [0.2, 0.25) is 13.3 Å². The fraction of sp³-hybridized carbons (Fsp3) is 0.794. The number of hydrogen-bond acceptors (Lipinski definition) is 7. The van der Waals surface area contributed by atoms with Gasteiger partial charge in [0.05, 0.1) is 0 Å². The molecule has 2 aromatic heterocycles. The topological polar surface area (TPSA) is 63.6 Å². The molecule has 2 aromatic rings. The zero-order chi connectivity index (χ0) is 29.9. The molecule has 0 bridgehead atoms. The molecule has 43 heavy (non-hydrogen) atoms. The Morgan fingerprint density at radius 3 is 2.30 bits per heavy atom. The fourth-order valence-corrected chi connectivity index (χ4v) is 24.3. The Morgan fingerprint density at radius 2 is 1.63 bits per heavy atom. The van der Waals surface area contributed by atoms with Crippen LogP contribution in [0.15, 0.2) is 0 Å². The quantitative estimate of drug-likeness (QED) is 0.214. The summed E-state index contributed by atoms with van der Waals surface area (Å²) in [5.41, 5.74) is 1.58. The fourth-order valence-electron chi connectivity index (χ4n) is 8.60. The Bertz CT molecular complexity index is 1230. The molecule has 0 spiro atoms. The maximum atomic E-state index is 17.3. The van der Waals surface area contributed by atoms with Crippen LogP contribution in [0, 0.1) is 5.82 Å². The van der Waals surface area contributed by atoms with Crippen molar-refractivity contribution in [1.29, 1.82) is 0 Å². The van der Waals surface area contributed by atoms with Gasteiger partial charge >= 0.3 is 264 Å². The standard InChI is InChI=1S/C22H27FN5O2.3C4H9.Sn/c23-16-12-24-17-5-4-15-13-29-11-3-10-28(15)20-18(17)19(16)25-21(26-20)30-14-22-6-1-8-27(22)9-2-7-22;3*1-3-4-2;/h15H,1-11,13-14H2;3*1,3-4H2,2H3;. The van der Waals surface area contributed by atoms with E-state index in [1.165, 1.54) is 45.4 Å². The van der Waals surface area contributed by atoms with Crippen LogP contribution in [0.3, 0.4) is 0 Å². The van der Waals surface area contributed by atoms with E-state index < -0.39 is 18.4 Å². The number of rotatable bonds is 13. The SMILES string of the molecule is CCC[CH2][Sn]([CH2]CCC)([CH2]CCC)[c]1nc2c3c(nc(OCC45CCCN4CCC5)nc3c1F)N1CCCOCC1CC2. The summed E-state index contributed by atoms with van der Waals surface area (Å²) < 4.78 is 34.3. The number of ether oxygens (including phenoxy) is 2. The summed E-state index contributed by atoms with van der Waals surface area (Å²) >= 11 is -3.20. The molecular weight excluding hydrogens is 648 g/mol. The van der Waals surface area contributed by atoms with Crippen LogP contribution in [-0.2, 0) is 11.2 Å². The molecule has 3 saturated heterocycles. The van der Waals surface area contributed by atoms with Crippen LogP contribution in [0.4, 0.5) is 10.2 Å². The monoisotopic (exact) mass is 703 g/mol. The van der Waals surface area contributed by atoms with E-state index in [1.54, 1.807) is 0 Å². The van der Waals surface area contributed by atoms with Crippen molar-refractivity contribution in [2.75, 3.05) is 44.4 Å². The normalized spacial score (nSPS) is 22.0. The summed E-state index contributed by atoms with van der Waals surface area (Å²) in [6.07, 6.45) is 14.4. The third-order valence-electron chi connectivity index (χ3n) is 11.1. The minimum atomic E-state index is -3.20. The number of fused-ring (bicyclic) bond motifs is 3. The van der Waals surface area contributed by atoms with E-state index in [0.717, 1.165) is 98.2 Å². The predicted octanol–water partition coefficient (Wildman–Crippen LogP) is 6.77. The molecule has 0 aromatic carbocycles. The molecule has 3 fully saturated rings. The Morgan fingerprint density at radius 1 is 0.930 bits per heavy atom. The summed E-state index contributed by atoms with van der Waals surface area (Å²) in [6.45, 7) is 12.0. The zero-order valence-corrected chi connectivity index (χ0v) is 29.9. The first-order valence-corrected chi connectivity index (χ1v) is 25.1. The molecule has 0 aliphatic carbocycles. The average Bonchev–Trinajstić information content (AvgIpc) is 3.47. The predicted molar refractivity (Wildman–Crippen MR) is 175 cm³/mol. The Kier molecular flexibility index (Phi) is 10.3. The van der Waals surface area contributed by atoms with Gasteiger partial charge in [0.25, 0.3) is 0 Å². The summed E-state index contributed by atoms with van der Waals surface area (Å²) in [4.78, 5) is 20.5. The van der Waals surface area contributed by atoms with Gasteiger partial charge in [-0.25, -0.2) is 0 Å². The molecule has 9 heteroatoms. The number of aryl methyl sites for hydroxylation is 1. The van der Waals surface area contributed by atoms with E-state index in [2.05, 4.69) is 30.6 Å². The van der Waals surface area contributed by atoms with Crippen molar-refractivity contribution in [2.24, 2.45) is 0 Å². The number of nitrogens with zero attached hydrogens (tertiary/aromatic N) is 5. The Balaban J connectivity index is 1.49. The molecule has 0 radical (unpaired) electrons. The number of aromatic nitrogens is 3. The third kappa shape index (κ3) is 6.27. The first-order chi connectivity index (χ1) is 21.0. The van der Waals surface area contributed by atoms with Crippen molar-refractivity contribution in [2.45, 2.75) is 129 Å². The summed E-state index contributed by atoms with van der Waals surface area (Å²) in [5, 5.41) is 0.834. The summed E-state index contributed by atoms with van der Waals surface area (Å²) in [5.74, 6) is 0.682. The van der Waals surface area contributed by atoms with Gasteiger partial charge in [0, 0.05) is 0 Å². The molecular formula is C34H54FN5O2Sn. The number of anilines is 1. The van der Waals surface area contributed by atoms with E-state index in [-0.39, 0.29) is 17.4 Å². The van der Waals surface area contributed by atoms with Gasteiger partial charge in [-0.05, 0) is 0 Å². The molecule has 1 atom stereocenters. The van der Waals surface area contributed by atoms with Crippen molar-refractivity contribution in [3.63, 3.8) is 0 Å². The second-order valence-corrected chi connectivity index (χ2v) is 26.8. The minimum absolute atomic E-state index is 0.0879. The molecule has 6 heterocycles. The van der Waals surface area contributed by atoms with Crippen molar-refractivity contribution in [3.05, 3.63) is 11.5 Å². The van der Waals surface area contributed by atoms with Crippen LogP contribution < -0.4 is 13.3 Å². The molecule has 0 amide bonds. The molecule has 4 aliphatic heterocycles. The maximum absolute atomic E-state index is 17.3. The first-order valence-electron chi connectivity index (χ1n) is 17.7. The summed E-state index contributed by atoms with van der Waals surface area (Å²) in [7, 11) is 0. The van der Waals surface area contributed by atoms with Gasteiger partial charge < -0.3 is 0 Å². The Hall–Kier alpha value is -1.26.